The lowest BCUT2D eigenvalue weighted by atomic mass is 9.97. The molecule has 0 bridgehead atoms. The van der Waals surface area contributed by atoms with E-state index in [0.717, 1.165) is 12.2 Å². The molecular weight excluding hydrogens is 298 g/mol. The normalized spacial score (nSPS) is 20.2. The third-order valence-corrected chi connectivity index (χ3v) is 4.92. The molecule has 0 saturated heterocycles. The summed E-state index contributed by atoms with van der Waals surface area (Å²) in [7, 11) is 1.67. The molecule has 0 fully saturated rings. The maximum atomic E-state index is 5.23. The molecule has 1 aromatic carbocycles. The van der Waals surface area contributed by atoms with Gasteiger partial charge >= 0.3 is 0 Å². The van der Waals surface area contributed by atoms with Crippen molar-refractivity contribution in [1.82, 2.24) is 20.2 Å². The molecule has 1 aliphatic rings. The first kappa shape index (κ1) is 13.3. The Hall–Kier alpha value is -2.41. The van der Waals surface area contributed by atoms with E-state index >= 15 is 0 Å². The minimum Gasteiger partial charge on any atom is -0.497 e. The average molecular weight is 313 g/mol. The predicted octanol–water partition coefficient (Wildman–Crippen LogP) is 2.89. The van der Waals surface area contributed by atoms with Gasteiger partial charge in [-0.25, -0.2) is 4.68 Å². The highest BCUT2D eigenvalue weighted by atomic mass is 32.1. The van der Waals surface area contributed by atoms with Gasteiger partial charge in [-0.05, 0) is 46.0 Å². The number of anilines is 1. The zero-order valence-electron chi connectivity index (χ0n) is 12.0. The average Bonchev–Trinajstić information content (AvgIpc) is 3.25. The van der Waals surface area contributed by atoms with Crippen LogP contribution >= 0.6 is 11.3 Å². The Morgan fingerprint density at radius 1 is 1.27 bits per heavy atom. The van der Waals surface area contributed by atoms with Crippen LogP contribution in [0.3, 0.4) is 0 Å². The summed E-state index contributed by atoms with van der Waals surface area (Å²) in [6.45, 7) is 0. The van der Waals surface area contributed by atoms with E-state index in [4.69, 9.17) is 4.74 Å². The molecule has 112 valence electrons. The SMILES string of the molecule is COc1ccc([C@@H]2C[C@H](c3cccs3)Nc3nnnn32)cc1. The van der Waals surface area contributed by atoms with Crippen LogP contribution in [0.4, 0.5) is 5.95 Å². The summed E-state index contributed by atoms with van der Waals surface area (Å²) < 4.78 is 7.09. The van der Waals surface area contributed by atoms with Gasteiger partial charge in [0.25, 0.3) is 0 Å². The predicted molar refractivity (Wildman–Crippen MR) is 84.2 cm³/mol. The molecule has 0 radical (unpaired) electrons. The zero-order valence-corrected chi connectivity index (χ0v) is 12.8. The summed E-state index contributed by atoms with van der Waals surface area (Å²) in [6, 6.07) is 12.7. The molecular formula is C15H15N5OS. The molecule has 3 heterocycles. The Labute approximate surface area is 131 Å². The second kappa shape index (κ2) is 5.42. The van der Waals surface area contributed by atoms with Crippen LogP contribution in [0.1, 0.15) is 28.9 Å². The van der Waals surface area contributed by atoms with Gasteiger partial charge in [-0.1, -0.05) is 23.3 Å². The van der Waals surface area contributed by atoms with Crippen LogP contribution in [0.15, 0.2) is 41.8 Å². The topological polar surface area (TPSA) is 64.9 Å². The summed E-state index contributed by atoms with van der Waals surface area (Å²) in [5, 5.41) is 17.6. The van der Waals surface area contributed by atoms with Gasteiger partial charge in [-0.3, -0.25) is 0 Å². The van der Waals surface area contributed by atoms with Crippen molar-refractivity contribution in [3.8, 4) is 5.75 Å². The highest BCUT2D eigenvalue weighted by molar-refractivity contribution is 7.10. The van der Waals surface area contributed by atoms with E-state index < -0.39 is 0 Å². The number of thiophene rings is 1. The lowest BCUT2D eigenvalue weighted by molar-refractivity contribution is 0.411. The van der Waals surface area contributed by atoms with E-state index in [1.54, 1.807) is 18.4 Å². The number of hydrogen-bond donors (Lipinski definition) is 1. The Balaban J connectivity index is 1.71. The minimum atomic E-state index is 0.115. The van der Waals surface area contributed by atoms with E-state index in [2.05, 4.69) is 50.5 Å². The van der Waals surface area contributed by atoms with Crippen molar-refractivity contribution in [2.75, 3.05) is 12.4 Å². The van der Waals surface area contributed by atoms with Gasteiger partial charge in [0.2, 0.25) is 5.95 Å². The van der Waals surface area contributed by atoms with E-state index in [1.807, 2.05) is 16.8 Å². The number of tetrazole rings is 1. The van der Waals surface area contributed by atoms with Gasteiger partial charge in [-0.2, -0.15) is 0 Å². The maximum absolute atomic E-state index is 5.23. The molecule has 22 heavy (non-hydrogen) atoms. The number of methoxy groups -OCH3 is 1. The molecule has 1 N–H and O–H groups in total. The Kier molecular flexibility index (Phi) is 3.27. The first-order chi connectivity index (χ1) is 10.8. The van der Waals surface area contributed by atoms with Gasteiger partial charge in [0.1, 0.15) is 5.75 Å². The third kappa shape index (κ3) is 2.23. The van der Waals surface area contributed by atoms with Gasteiger partial charge in [0.15, 0.2) is 0 Å². The number of aromatic nitrogens is 4. The Morgan fingerprint density at radius 2 is 2.14 bits per heavy atom. The van der Waals surface area contributed by atoms with Crippen molar-refractivity contribution >= 4 is 17.3 Å². The lowest BCUT2D eigenvalue weighted by Gasteiger charge is -2.30. The van der Waals surface area contributed by atoms with Gasteiger partial charge in [-0.15, -0.1) is 11.3 Å². The summed E-state index contributed by atoms with van der Waals surface area (Å²) in [4.78, 5) is 1.30. The Morgan fingerprint density at radius 3 is 2.86 bits per heavy atom. The van der Waals surface area contributed by atoms with Crippen LogP contribution in [0.2, 0.25) is 0 Å². The molecule has 3 aromatic rings. The second-order valence-corrected chi connectivity index (χ2v) is 6.16. The fraction of sp³-hybridized carbons (Fsp3) is 0.267. The molecule has 7 heteroatoms. The first-order valence-corrected chi connectivity index (χ1v) is 7.95. The van der Waals surface area contributed by atoms with Crippen LogP contribution in [-0.2, 0) is 0 Å². The summed E-state index contributed by atoms with van der Waals surface area (Å²) >= 11 is 1.75. The van der Waals surface area contributed by atoms with Gasteiger partial charge in [0.05, 0.1) is 19.2 Å². The molecule has 0 aliphatic carbocycles. The second-order valence-electron chi connectivity index (χ2n) is 5.18. The number of ether oxygens (including phenoxy) is 1. The number of benzene rings is 1. The number of rotatable bonds is 3. The van der Waals surface area contributed by atoms with Gasteiger partial charge < -0.3 is 10.1 Å². The summed E-state index contributed by atoms with van der Waals surface area (Å²) in [5.41, 5.74) is 1.18. The van der Waals surface area contributed by atoms with Crippen molar-refractivity contribution in [2.24, 2.45) is 0 Å². The van der Waals surface area contributed by atoms with E-state index in [9.17, 15) is 0 Å². The van der Waals surface area contributed by atoms with E-state index in [1.165, 1.54) is 10.4 Å². The summed E-state index contributed by atoms with van der Waals surface area (Å²) in [5.74, 6) is 1.56. The monoisotopic (exact) mass is 313 g/mol. The fourth-order valence-electron chi connectivity index (χ4n) is 2.82. The smallest absolute Gasteiger partial charge is 0.244 e. The fourth-order valence-corrected chi connectivity index (χ4v) is 3.61. The van der Waals surface area contributed by atoms with Crippen molar-refractivity contribution < 1.29 is 4.74 Å². The standard InChI is InChI=1S/C15H15N5OS/c1-21-11-6-4-10(5-7-11)13-9-12(14-3-2-8-22-14)16-15-17-18-19-20(13)15/h2-8,12-13H,9H2,1H3,(H,16,17,19)/t12-,13+/m1/s1. The first-order valence-electron chi connectivity index (χ1n) is 7.07. The third-order valence-electron chi connectivity index (χ3n) is 3.94. The molecule has 2 atom stereocenters. The number of fused-ring (bicyclic) bond motifs is 1. The van der Waals surface area contributed by atoms with Crippen LogP contribution in [0, 0.1) is 0 Å². The molecule has 0 unspecified atom stereocenters. The van der Waals surface area contributed by atoms with Crippen LogP contribution in [-0.4, -0.2) is 27.3 Å². The molecule has 0 spiro atoms. The van der Waals surface area contributed by atoms with Crippen LogP contribution in [0.5, 0.6) is 5.75 Å². The molecule has 6 nitrogen and oxygen atoms in total. The van der Waals surface area contributed by atoms with E-state index in [-0.39, 0.29) is 12.1 Å². The zero-order chi connectivity index (χ0) is 14.9. The highest BCUT2D eigenvalue weighted by Gasteiger charge is 2.30. The van der Waals surface area contributed by atoms with Crippen molar-refractivity contribution in [1.29, 1.82) is 0 Å². The highest BCUT2D eigenvalue weighted by Crippen LogP contribution is 2.38. The number of nitrogens with zero attached hydrogens (tertiary/aromatic N) is 4. The number of hydrogen-bond acceptors (Lipinski definition) is 6. The molecule has 1 aliphatic heterocycles. The maximum Gasteiger partial charge on any atom is 0.244 e. The Bertz CT molecular complexity index is 753. The van der Waals surface area contributed by atoms with Crippen LogP contribution < -0.4 is 10.1 Å². The molecule has 0 saturated carbocycles. The summed E-state index contributed by atoms with van der Waals surface area (Å²) in [6.07, 6.45) is 0.908. The quantitative estimate of drug-likeness (QED) is 0.805. The number of nitrogens with one attached hydrogen (secondary N) is 1. The molecule has 2 aromatic heterocycles. The van der Waals surface area contributed by atoms with E-state index in [0.29, 0.717) is 5.95 Å². The minimum absolute atomic E-state index is 0.115. The largest absolute Gasteiger partial charge is 0.497 e. The van der Waals surface area contributed by atoms with Crippen LogP contribution in [0.25, 0.3) is 0 Å². The van der Waals surface area contributed by atoms with Gasteiger partial charge in [0, 0.05) is 4.88 Å². The van der Waals surface area contributed by atoms with Crippen molar-refractivity contribution in [3.05, 3.63) is 52.2 Å². The molecule has 0 amide bonds. The van der Waals surface area contributed by atoms with Crippen molar-refractivity contribution in [2.45, 2.75) is 18.5 Å². The lowest BCUT2D eigenvalue weighted by Crippen LogP contribution is -2.27. The van der Waals surface area contributed by atoms with Crippen molar-refractivity contribution in [3.63, 3.8) is 0 Å². The molecule has 4 rings (SSSR count).